The Bertz CT molecular complexity index is 1090. The second-order valence-corrected chi connectivity index (χ2v) is 6.54. The molecule has 0 fully saturated rings. The number of para-hydroxylation sites is 1. The molecule has 4 nitrogen and oxygen atoms in total. The van der Waals surface area contributed by atoms with Gasteiger partial charge in [-0.3, -0.25) is 0 Å². The Morgan fingerprint density at radius 1 is 0.857 bits per heavy atom. The predicted octanol–water partition coefficient (Wildman–Crippen LogP) is 4.92. The molecule has 4 rings (SSSR count). The molecule has 0 aliphatic carbocycles. The van der Waals surface area contributed by atoms with E-state index in [0.29, 0.717) is 23.5 Å². The van der Waals surface area contributed by atoms with Crippen molar-refractivity contribution < 1.29 is 9.84 Å². The van der Waals surface area contributed by atoms with Crippen molar-refractivity contribution >= 4 is 16.6 Å². The number of hydrogen-bond donors (Lipinski definition) is 2. The number of aliphatic hydroxyl groups excluding tert-OH is 1. The summed E-state index contributed by atoms with van der Waals surface area (Å²) in [5, 5.41) is 19.8. The van der Waals surface area contributed by atoms with E-state index in [4.69, 9.17) is 10.1 Å². The molecule has 1 atom stereocenters. The third-order valence-corrected chi connectivity index (χ3v) is 4.60. The highest BCUT2D eigenvalue weighted by Gasteiger charge is 2.15. The van der Waals surface area contributed by atoms with Crippen LogP contribution in [0.1, 0.15) is 22.9 Å². The predicted molar refractivity (Wildman–Crippen MR) is 111 cm³/mol. The first-order valence-corrected chi connectivity index (χ1v) is 9.10. The fourth-order valence-electron chi connectivity index (χ4n) is 3.03. The molecule has 0 bridgehead atoms. The van der Waals surface area contributed by atoms with Gasteiger partial charge in [0.2, 0.25) is 0 Å². The van der Waals surface area contributed by atoms with Crippen LogP contribution in [0.15, 0.2) is 91.0 Å². The number of fused-ring (bicyclic) bond motifs is 1. The molecule has 4 aromatic rings. The minimum atomic E-state index is -0.974. The van der Waals surface area contributed by atoms with Gasteiger partial charge in [-0.25, -0.2) is 4.98 Å². The zero-order valence-electron chi connectivity index (χ0n) is 15.2. The molecule has 0 saturated carbocycles. The van der Waals surface area contributed by atoms with Crippen molar-refractivity contribution in [3.8, 4) is 5.75 Å². The molecule has 0 amide bonds. The maximum atomic E-state index is 10.5. The van der Waals surface area contributed by atoms with Crippen LogP contribution in [-0.2, 0) is 6.61 Å². The average molecular weight is 368 g/mol. The molecule has 3 aromatic carbocycles. The lowest BCUT2D eigenvalue weighted by atomic mass is 9.99. The quantitative estimate of drug-likeness (QED) is 0.475. The van der Waals surface area contributed by atoms with Crippen LogP contribution in [-0.4, -0.2) is 15.8 Å². The Labute approximate surface area is 163 Å². The summed E-state index contributed by atoms with van der Waals surface area (Å²) in [5.74, 6) is 0.692. The highest BCUT2D eigenvalue weighted by molar-refractivity contribution is 6.01. The second-order valence-electron chi connectivity index (χ2n) is 6.54. The maximum Gasteiger partial charge on any atom is 0.130 e. The van der Waals surface area contributed by atoms with Gasteiger partial charge >= 0.3 is 0 Å². The standard InChI is InChI=1S/C24H20N2O2/c25-23(18-7-2-1-3-8-18)24(27)19-11-14-21(15-12-19)28-16-20-13-10-17-6-4-5-9-22(17)26-20/h1-15,24-25,27H,16H2. The molecule has 1 heterocycles. The number of hydrogen-bond acceptors (Lipinski definition) is 4. The number of aliphatic hydroxyl groups is 1. The number of nitrogens with zero attached hydrogens (tertiary/aromatic N) is 1. The van der Waals surface area contributed by atoms with Gasteiger partial charge in [-0.05, 0) is 35.4 Å². The highest BCUT2D eigenvalue weighted by Crippen LogP contribution is 2.22. The molecular formula is C24H20N2O2. The van der Waals surface area contributed by atoms with Crippen LogP contribution in [0.4, 0.5) is 0 Å². The van der Waals surface area contributed by atoms with Crippen molar-refractivity contribution in [3.63, 3.8) is 0 Å². The molecule has 0 radical (unpaired) electrons. The van der Waals surface area contributed by atoms with E-state index < -0.39 is 6.10 Å². The Morgan fingerprint density at radius 2 is 1.57 bits per heavy atom. The van der Waals surface area contributed by atoms with Crippen LogP contribution in [0.3, 0.4) is 0 Å². The van der Waals surface area contributed by atoms with Gasteiger partial charge in [0, 0.05) is 5.39 Å². The molecule has 2 N–H and O–H groups in total. The lowest BCUT2D eigenvalue weighted by molar-refractivity contribution is 0.246. The Kier molecular flexibility index (Phi) is 5.13. The molecule has 0 spiro atoms. The molecule has 4 heteroatoms. The van der Waals surface area contributed by atoms with Crippen LogP contribution in [0, 0.1) is 5.41 Å². The van der Waals surface area contributed by atoms with Crippen LogP contribution < -0.4 is 4.74 Å². The van der Waals surface area contributed by atoms with Crippen LogP contribution in [0.2, 0.25) is 0 Å². The minimum absolute atomic E-state index is 0.176. The van der Waals surface area contributed by atoms with Crippen LogP contribution >= 0.6 is 0 Å². The van der Waals surface area contributed by atoms with Gasteiger partial charge in [-0.1, -0.05) is 66.7 Å². The summed E-state index contributed by atoms with van der Waals surface area (Å²) in [6.07, 6.45) is -0.974. The van der Waals surface area contributed by atoms with E-state index in [-0.39, 0.29) is 5.71 Å². The Morgan fingerprint density at radius 3 is 2.36 bits per heavy atom. The number of aromatic nitrogens is 1. The van der Waals surface area contributed by atoms with E-state index in [2.05, 4.69) is 4.98 Å². The van der Waals surface area contributed by atoms with Crippen molar-refractivity contribution in [2.45, 2.75) is 12.7 Å². The SMILES string of the molecule is N=C(c1ccccc1)C(O)c1ccc(OCc2ccc3ccccc3n2)cc1. The summed E-state index contributed by atoms with van der Waals surface area (Å²) in [6.45, 7) is 0.368. The first kappa shape index (κ1) is 17.9. The van der Waals surface area contributed by atoms with Crippen molar-refractivity contribution in [1.82, 2.24) is 4.98 Å². The van der Waals surface area contributed by atoms with Crippen molar-refractivity contribution in [1.29, 1.82) is 5.41 Å². The molecule has 0 aliphatic heterocycles. The summed E-state index contributed by atoms with van der Waals surface area (Å²) in [7, 11) is 0. The normalized spacial score (nSPS) is 11.9. The molecule has 138 valence electrons. The summed E-state index contributed by atoms with van der Waals surface area (Å²) in [6, 6.07) is 28.4. The van der Waals surface area contributed by atoms with Gasteiger partial charge in [0.1, 0.15) is 18.5 Å². The highest BCUT2D eigenvalue weighted by atomic mass is 16.5. The third-order valence-electron chi connectivity index (χ3n) is 4.60. The fraction of sp³-hybridized carbons (Fsp3) is 0.0833. The number of rotatable bonds is 6. The lowest BCUT2D eigenvalue weighted by Crippen LogP contribution is -2.12. The average Bonchev–Trinajstić information content (AvgIpc) is 2.77. The molecule has 28 heavy (non-hydrogen) atoms. The van der Waals surface area contributed by atoms with E-state index in [1.807, 2.05) is 66.7 Å². The fourth-order valence-corrected chi connectivity index (χ4v) is 3.03. The van der Waals surface area contributed by atoms with Gasteiger partial charge in [0.05, 0.1) is 16.9 Å². The second kappa shape index (κ2) is 8.03. The van der Waals surface area contributed by atoms with Gasteiger partial charge in [-0.15, -0.1) is 0 Å². The Balaban J connectivity index is 1.42. The molecule has 1 aromatic heterocycles. The minimum Gasteiger partial charge on any atom is -0.487 e. The maximum absolute atomic E-state index is 10.5. The molecule has 0 aliphatic rings. The molecular weight excluding hydrogens is 348 g/mol. The zero-order chi connectivity index (χ0) is 19.3. The van der Waals surface area contributed by atoms with E-state index in [1.165, 1.54) is 0 Å². The van der Waals surface area contributed by atoms with E-state index >= 15 is 0 Å². The topological polar surface area (TPSA) is 66.2 Å². The van der Waals surface area contributed by atoms with E-state index in [0.717, 1.165) is 16.6 Å². The van der Waals surface area contributed by atoms with Crippen molar-refractivity contribution in [3.05, 3.63) is 108 Å². The monoisotopic (exact) mass is 368 g/mol. The number of nitrogens with one attached hydrogen (secondary N) is 1. The number of ether oxygens (including phenoxy) is 1. The molecule has 0 saturated heterocycles. The largest absolute Gasteiger partial charge is 0.487 e. The number of pyridine rings is 1. The lowest BCUT2D eigenvalue weighted by Gasteiger charge is -2.14. The van der Waals surface area contributed by atoms with Gasteiger partial charge in [0.25, 0.3) is 0 Å². The van der Waals surface area contributed by atoms with Gasteiger partial charge < -0.3 is 15.3 Å². The molecule has 1 unspecified atom stereocenters. The van der Waals surface area contributed by atoms with E-state index in [1.54, 1.807) is 24.3 Å². The van der Waals surface area contributed by atoms with Crippen molar-refractivity contribution in [2.75, 3.05) is 0 Å². The summed E-state index contributed by atoms with van der Waals surface area (Å²) >= 11 is 0. The first-order chi connectivity index (χ1) is 13.7. The summed E-state index contributed by atoms with van der Waals surface area (Å²) in [4.78, 5) is 4.60. The smallest absolute Gasteiger partial charge is 0.130 e. The van der Waals surface area contributed by atoms with Gasteiger partial charge in [0.15, 0.2) is 0 Å². The number of benzene rings is 3. The third kappa shape index (κ3) is 3.92. The van der Waals surface area contributed by atoms with E-state index in [9.17, 15) is 5.11 Å². The Hall–Kier alpha value is -3.50. The summed E-state index contributed by atoms with van der Waals surface area (Å²) < 4.78 is 5.82. The van der Waals surface area contributed by atoms with Crippen LogP contribution in [0.5, 0.6) is 5.75 Å². The first-order valence-electron chi connectivity index (χ1n) is 9.10. The van der Waals surface area contributed by atoms with Crippen LogP contribution in [0.25, 0.3) is 10.9 Å². The van der Waals surface area contributed by atoms with Gasteiger partial charge in [-0.2, -0.15) is 0 Å². The van der Waals surface area contributed by atoms with Crippen molar-refractivity contribution in [2.24, 2.45) is 0 Å². The summed E-state index contributed by atoms with van der Waals surface area (Å²) in [5.41, 5.74) is 3.34. The zero-order valence-corrected chi connectivity index (χ0v) is 15.2.